The molecule has 1 aromatic heterocycles. The van der Waals surface area contributed by atoms with Crippen molar-refractivity contribution in [3.63, 3.8) is 0 Å². The van der Waals surface area contributed by atoms with E-state index in [9.17, 15) is 24.9 Å². The van der Waals surface area contributed by atoms with Crippen LogP contribution >= 0.6 is 11.3 Å². The molecule has 0 spiro atoms. The zero-order valence-electron chi connectivity index (χ0n) is 22.3. The second-order valence-corrected chi connectivity index (χ2v) is 12.3. The normalized spacial score (nSPS) is 36.1. The van der Waals surface area contributed by atoms with E-state index in [2.05, 4.69) is 11.9 Å². The van der Waals surface area contributed by atoms with E-state index in [4.69, 9.17) is 9.47 Å². The summed E-state index contributed by atoms with van der Waals surface area (Å²) < 4.78 is 26.4. The van der Waals surface area contributed by atoms with Gasteiger partial charge in [0.25, 0.3) is 0 Å². The van der Waals surface area contributed by atoms with Gasteiger partial charge in [-0.25, -0.2) is 9.37 Å². The van der Waals surface area contributed by atoms with Gasteiger partial charge in [0.2, 0.25) is 5.79 Å². The number of esters is 1. The summed E-state index contributed by atoms with van der Waals surface area (Å²) in [6.45, 7) is 9.03. The van der Waals surface area contributed by atoms with Gasteiger partial charge in [-0.2, -0.15) is 0 Å². The number of cyclic esters (lactones) is 1. The smallest absolute Gasteiger partial charge is 0.306 e. The number of ketones is 1. The number of hydrogen-bond donors (Lipinski definition) is 3. The van der Waals surface area contributed by atoms with Crippen molar-refractivity contribution in [1.82, 2.24) is 4.98 Å². The molecule has 8 nitrogen and oxygen atoms in total. The summed E-state index contributed by atoms with van der Waals surface area (Å²) in [5.41, 5.74) is -1.74. The first-order valence-corrected chi connectivity index (χ1v) is 13.9. The van der Waals surface area contributed by atoms with Gasteiger partial charge in [-0.05, 0) is 38.5 Å². The maximum Gasteiger partial charge on any atom is 0.306 e. The van der Waals surface area contributed by atoms with Crippen LogP contribution in [0.4, 0.5) is 4.39 Å². The minimum atomic E-state index is -2.09. The van der Waals surface area contributed by atoms with Crippen LogP contribution in [-0.2, 0) is 25.7 Å². The maximum atomic E-state index is 15.5. The first-order valence-electron chi connectivity index (χ1n) is 13.0. The number of rotatable bonds is 4. The van der Waals surface area contributed by atoms with Crippen LogP contribution in [0.2, 0.25) is 0 Å². The highest BCUT2D eigenvalue weighted by Crippen LogP contribution is 2.53. The quantitative estimate of drug-likeness (QED) is 0.380. The van der Waals surface area contributed by atoms with Crippen molar-refractivity contribution in [2.45, 2.75) is 110 Å². The first-order chi connectivity index (χ1) is 17.3. The molecule has 208 valence electrons. The topological polar surface area (TPSA) is 129 Å². The highest BCUT2D eigenvalue weighted by molar-refractivity contribution is 7.09. The van der Waals surface area contributed by atoms with E-state index in [1.54, 1.807) is 20.8 Å². The van der Waals surface area contributed by atoms with E-state index in [-0.39, 0.29) is 42.8 Å². The number of hydrogen-bond acceptors (Lipinski definition) is 9. The Bertz CT molecular complexity index is 1010. The number of epoxide rings is 1. The van der Waals surface area contributed by atoms with Gasteiger partial charge >= 0.3 is 5.97 Å². The van der Waals surface area contributed by atoms with E-state index < -0.39 is 40.8 Å². The molecule has 0 aromatic carbocycles. The summed E-state index contributed by atoms with van der Waals surface area (Å²) in [5.74, 6) is -3.68. The Morgan fingerprint density at radius 2 is 2.00 bits per heavy atom. The van der Waals surface area contributed by atoms with E-state index in [1.165, 1.54) is 5.38 Å². The molecule has 10 heteroatoms. The minimum Gasteiger partial charge on any atom is -0.452 e. The zero-order chi connectivity index (χ0) is 27.6. The lowest BCUT2D eigenvalue weighted by Crippen LogP contribution is -2.46. The molecule has 0 amide bonds. The van der Waals surface area contributed by atoms with Gasteiger partial charge in [-0.15, -0.1) is 11.3 Å². The minimum absolute atomic E-state index is 0.0967. The van der Waals surface area contributed by atoms with Crippen molar-refractivity contribution in [3.8, 4) is 0 Å². The van der Waals surface area contributed by atoms with Crippen LogP contribution in [0.15, 0.2) is 11.2 Å². The largest absolute Gasteiger partial charge is 0.452 e. The van der Waals surface area contributed by atoms with Crippen LogP contribution in [-0.4, -0.2) is 55.7 Å². The second kappa shape index (κ2) is 11.6. The number of aliphatic hydroxyl groups is 3. The molecule has 2 saturated heterocycles. The van der Waals surface area contributed by atoms with Crippen LogP contribution in [0, 0.1) is 17.3 Å². The van der Waals surface area contributed by atoms with Gasteiger partial charge in [0.1, 0.15) is 22.2 Å². The van der Waals surface area contributed by atoms with Crippen molar-refractivity contribution in [1.29, 1.82) is 0 Å². The highest BCUT2D eigenvalue weighted by Gasteiger charge is 2.72. The fraction of sp³-hybridized carbons (Fsp3) is 0.741. The predicted molar refractivity (Wildman–Crippen MR) is 137 cm³/mol. The van der Waals surface area contributed by atoms with Crippen LogP contribution in [0.1, 0.15) is 90.3 Å². The standard InChI is InChI=1S/C27H40FNO7S/c1-6-17-12-16(2)8-7-10-26(5)27(34,36-26)24(33)22(19(28)13-18-15-37-20(14-30)29-18)35-21(31)9-11-25(3,4)23(17)32/h13,15-17,22,24,30,33-34H,6-12,14H2,1-5H3. The number of aromatic nitrogens is 1. The Kier molecular flexibility index (Phi) is 9.33. The number of fused-ring (bicyclic) bond motifs is 1. The molecule has 37 heavy (non-hydrogen) atoms. The van der Waals surface area contributed by atoms with Crippen LogP contribution in [0.25, 0.3) is 6.08 Å². The fourth-order valence-electron chi connectivity index (χ4n) is 5.23. The predicted octanol–water partition coefficient (Wildman–Crippen LogP) is 4.31. The molecule has 3 N–H and O–H groups in total. The molecule has 2 aliphatic heterocycles. The summed E-state index contributed by atoms with van der Waals surface area (Å²) in [6, 6.07) is 0. The number of aliphatic hydroxyl groups excluding tert-OH is 2. The van der Waals surface area contributed by atoms with E-state index in [0.717, 1.165) is 30.3 Å². The lowest BCUT2D eigenvalue weighted by Gasteiger charge is -2.30. The van der Waals surface area contributed by atoms with Crippen molar-refractivity contribution in [3.05, 3.63) is 21.9 Å². The van der Waals surface area contributed by atoms with Crippen LogP contribution < -0.4 is 0 Å². The Morgan fingerprint density at radius 1 is 1.30 bits per heavy atom. The van der Waals surface area contributed by atoms with Crippen LogP contribution in [0.5, 0.6) is 0 Å². The Morgan fingerprint density at radius 3 is 2.62 bits per heavy atom. The molecule has 2 aliphatic rings. The van der Waals surface area contributed by atoms with Crippen molar-refractivity contribution in [2.24, 2.45) is 17.3 Å². The molecule has 3 heterocycles. The number of nitrogens with zero attached hydrogens (tertiary/aromatic N) is 1. The summed E-state index contributed by atoms with van der Waals surface area (Å²) in [4.78, 5) is 30.2. The molecule has 0 aliphatic carbocycles. The lowest BCUT2D eigenvalue weighted by molar-refractivity contribution is -0.167. The number of ether oxygens (including phenoxy) is 2. The van der Waals surface area contributed by atoms with Gasteiger partial charge in [0.05, 0.1) is 12.3 Å². The molecule has 6 atom stereocenters. The fourth-order valence-corrected chi connectivity index (χ4v) is 5.84. The van der Waals surface area contributed by atoms with Crippen molar-refractivity contribution < 1.29 is 38.8 Å². The third-order valence-corrected chi connectivity index (χ3v) is 8.68. The average molecular weight is 542 g/mol. The van der Waals surface area contributed by atoms with Gasteiger partial charge in [0.15, 0.2) is 12.2 Å². The molecule has 2 fully saturated rings. The van der Waals surface area contributed by atoms with E-state index in [1.807, 2.05) is 6.92 Å². The number of carbonyl (C=O) groups is 2. The van der Waals surface area contributed by atoms with Gasteiger partial charge in [-0.3, -0.25) is 9.59 Å². The molecule has 6 unspecified atom stereocenters. The Labute approximate surface area is 221 Å². The molecule has 0 saturated carbocycles. The molecule has 3 rings (SSSR count). The average Bonchev–Trinajstić information content (AvgIpc) is 3.16. The lowest BCUT2D eigenvalue weighted by atomic mass is 9.74. The van der Waals surface area contributed by atoms with Gasteiger partial charge in [0, 0.05) is 29.2 Å². The Balaban J connectivity index is 1.91. The van der Waals surface area contributed by atoms with E-state index in [0.29, 0.717) is 24.3 Å². The summed E-state index contributed by atoms with van der Waals surface area (Å²) in [7, 11) is 0. The monoisotopic (exact) mass is 541 g/mol. The summed E-state index contributed by atoms with van der Waals surface area (Å²) in [6.07, 6.45) is 0.628. The summed E-state index contributed by atoms with van der Waals surface area (Å²) >= 11 is 1.13. The molecule has 0 bridgehead atoms. The van der Waals surface area contributed by atoms with Crippen LogP contribution in [0.3, 0.4) is 0 Å². The van der Waals surface area contributed by atoms with Gasteiger partial charge in [-0.1, -0.05) is 40.5 Å². The third kappa shape index (κ3) is 6.65. The van der Waals surface area contributed by atoms with Crippen molar-refractivity contribution >= 4 is 29.2 Å². The van der Waals surface area contributed by atoms with Crippen molar-refractivity contribution in [2.75, 3.05) is 0 Å². The molecule has 0 radical (unpaired) electrons. The maximum absolute atomic E-state index is 15.5. The number of thiazole rings is 1. The number of carbonyl (C=O) groups excluding carboxylic acids is 2. The molecule has 1 aromatic rings. The Hall–Kier alpha value is -1.72. The van der Waals surface area contributed by atoms with Gasteiger partial charge < -0.3 is 24.8 Å². The summed E-state index contributed by atoms with van der Waals surface area (Å²) in [5, 5.41) is 33.3. The zero-order valence-corrected chi connectivity index (χ0v) is 23.1. The molecular weight excluding hydrogens is 501 g/mol. The van der Waals surface area contributed by atoms with E-state index >= 15 is 4.39 Å². The number of Topliss-reactive ketones (excluding diaryl/α,β-unsaturated/α-hetero) is 1. The third-order valence-electron chi connectivity index (χ3n) is 7.83. The second-order valence-electron chi connectivity index (χ2n) is 11.3. The molecular formula is C27H40FNO7S. The first kappa shape index (κ1) is 29.8. The SMILES string of the molecule is CCC1CC(C)CCCC2(C)OC2(O)C(O)C(C(F)=Cc2csc(CO)n2)OC(=O)CCC(C)(C)C1=O. The number of halogens is 1. The highest BCUT2D eigenvalue weighted by atomic mass is 32.1.